The summed E-state index contributed by atoms with van der Waals surface area (Å²) in [6, 6.07) is 7.85. The minimum absolute atomic E-state index is 0.345. The van der Waals surface area contributed by atoms with Crippen LogP contribution in [0.15, 0.2) is 62.2 Å². The number of carbonyl (C=O) groups is 1. The molecule has 112 valence electrons. The molecule has 1 N–H and O–H groups in total. The third-order valence-corrected chi connectivity index (χ3v) is 3.69. The van der Waals surface area contributed by atoms with Gasteiger partial charge in [-0.05, 0) is 52.8 Å². The molecule has 0 atom stereocenters. The SMILES string of the molecule is C=CCc1cc(C(=O)O)c2c(CC=C)ccc(CC=C)c2c1. The van der Waals surface area contributed by atoms with Gasteiger partial charge in [-0.3, -0.25) is 0 Å². The van der Waals surface area contributed by atoms with Crippen LogP contribution in [0.1, 0.15) is 27.0 Å². The Morgan fingerprint density at radius 1 is 0.955 bits per heavy atom. The fraction of sp³-hybridized carbons (Fsp3) is 0.150. The van der Waals surface area contributed by atoms with E-state index in [0.717, 1.165) is 27.5 Å². The van der Waals surface area contributed by atoms with Crippen molar-refractivity contribution in [1.82, 2.24) is 0 Å². The number of carboxylic acids is 1. The van der Waals surface area contributed by atoms with Crippen LogP contribution in [0.3, 0.4) is 0 Å². The maximum atomic E-state index is 11.7. The Morgan fingerprint density at radius 2 is 1.55 bits per heavy atom. The first-order chi connectivity index (χ1) is 10.6. The quantitative estimate of drug-likeness (QED) is 0.749. The van der Waals surface area contributed by atoms with E-state index < -0.39 is 5.97 Å². The second-order valence-corrected chi connectivity index (χ2v) is 5.23. The molecule has 0 unspecified atom stereocenters. The highest BCUT2D eigenvalue weighted by Gasteiger charge is 2.15. The minimum Gasteiger partial charge on any atom is -0.478 e. The van der Waals surface area contributed by atoms with Crippen molar-refractivity contribution in [1.29, 1.82) is 0 Å². The Balaban J connectivity index is 2.88. The maximum absolute atomic E-state index is 11.7. The summed E-state index contributed by atoms with van der Waals surface area (Å²) >= 11 is 0. The van der Waals surface area contributed by atoms with Crippen molar-refractivity contribution < 1.29 is 9.90 Å². The Hall–Kier alpha value is -2.61. The molecule has 0 aromatic heterocycles. The molecule has 2 aromatic carbocycles. The van der Waals surface area contributed by atoms with Crippen LogP contribution >= 0.6 is 0 Å². The smallest absolute Gasteiger partial charge is 0.336 e. The van der Waals surface area contributed by atoms with Gasteiger partial charge in [0.05, 0.1) is 5.56 Å². The Bertz CT molecular complexity index is 754. The van der Waals surface area contributed by atoms with Crippen LogP contribution in [0.5, 0.6) is 0 Å². The van der Waals surface area contributed by atoms with Crippen molar-refractivity contribution in [2.45, 2.75) is 19.3 Å². The van der Waals surface area contributed by atoms with Gasteiger partial charge in [-0.25, -0.2) is 4.79 Å². The molecule has 0 radical (unpaired) electrons. The van der Waals surface area contributed by atoms with Crippen molar-refractivity contribution in [3.05, 3.63) is 84.5 Å². The lowest BCUT2D eigenvalue weighted by atomic mass is 9.90. The van der Waals surface area contributed by atoms with Crippen LogP contribution in [0.25, 0.3) is 10.8 Å². The van der Waals surface area contributed by atoms with Crippen molar-refractivity contribution in [3.63, 3.8) is 0 Å². The molecular weight excluding hydrogens is 272 g/mol. The van der Waals surface area contributed by atoms with Gasteiger partial charge in [-0.2, -0.15) is 0 Å². The van der Waals surface area contributed by atoms with Gasteiger partial charge in [0, 0.05) is 0 Å². The average Bonchev–Trinajstić information content (AvgIpc) is 2.49. The number of hydrogen-bond acceptors (Lipinski definition) is 1. The number of hydrogen-bond donors (Lipinski definition) is 1. The summed E-state index contributed by atoms with van der Waals surface area (Å²) in [6.07, 6.45) is 7.42. The molecule has 0 aliphatic carbocycles. The van der Waals surface area contributed by atoms with E-state index in [-0.39, 0.29) is 0 Å². The van der Waals surface area contributed by atoms with Crippen LogP contribution < -0.4 is 0 Å². The molecule has 0 heterocycles. The number of aromatic carboxylic acids is 1. The summed E-state index contributed by atoms with van der Waals surface area (Å²) in [5.41, 5.74) is 3.38. The molecule has 2 aromatic rings. The largest absolute Gasteiger partial charge is 0.478 e. The van der Waals surface area contributed by atoms with Crippen LogP contribution in [0, 0.1) is 0 Å². The van der Waals surface area contributed by atoms with E-state index in [4.69, 9.17) is 0 Å². The van der Waals surface area contributed by atoms with Gasteiger partial charge in [-0.15, -0.1) is 19.7 Å². The fourth-order valence-electron chi connectivity index (χ4n) is 2.79. The molecular formula is C20H20O2. The summed E-state index contributed by atoms with van der Waals surface area (Å²) < 4.78 is 0. The van der Waals surface area contributed by atoms with Gasteiger partial charge >= 0.3 is 5.97 Å². The average molecular weight is 292 g/mol. The first-order valence-electron chi connectivity index (χ1n) is 7.25. The van der Waals surface area contributed by atoms with Gasteiger partial charge in [0.2, 0.25) is 0 Å². The molecule has 22 heavy (non-hydrogen) atoms. The molecule has 0 aliphatic heterocycles. The van der Waals surface area contributed by atoms with Crippen LogP contribution in [-0.4, -0.2) is 11.1 Å². The van der Waals surface area contributed by atoms with Crippen molar-refractivity contribution in [3.8, 4) is 0 Å². The zero-order chi connectivity index (χ0) is 16.1. The van der Waals surface area contributed by atoms with E-state index >= 15 is 0 Å². The summed E-state index contributed by atoms with van der Waals surface area (Å²) in [6.45, 7) is 11.3. The molecule has 0 fully saturated rings. The molecule has 0 bridgehead atoms. The molecule has 2 rings (SSSR count). The van der Waals surface area contributed by atoms with E-state index in [2.05, 4.69) is 25.8 Å². The predicted molar refractivity (Wildman–Crippen MR) is 92.6 cm³/mol. The Morgan fingerprint density at radius 3 is 2.14 bits per heavy atom. The predicted octanol–water partition coefficient (Wildman–Crippen LogP) is 4.72. The molecule has 0 aliphatic rings. The topological polar surface area (TPSA) is 37.3 Å². The zero-order valence-electron chi connectivity index (χ0n) is 12.6. The number of carboxylic acid groups (broad SMARTS) is 1. The monoisotopic (exact) mass is 292 g/mol. The highest BCUT2D eigenvalue weighted by molar-refractivity contribution is 6.06. The maximum Gasteiger partial charge on any atom is 0.336 e. The van der Waals surface area contributed by atoms with Gasteiger partial charge in [0.15, 0.2) is 0 Å². The Kier molecular flexibility index (Phi) is 4.95. The van der Waals surface area contributed by atoms with Crippen molar-refractivity contribution >= 4 is 16.7 Å². The van der Waals surface area contributed by atoms with Gasteiger partial charge in [0.1, 0.15) is 0 Å². The van der Waals surface area contributed by atoms with Crippen molar-refractivity contribution in [2.75, 3.05) is 0 Å². The molecule has 0 saturated heterocycles. The third-order valence-electron chi connectivity index (χ3n) is 3.69. The third kappa shape index (κ3) is 3.01. The lowest BCUT2D eigenvalue weighted by Crippen LogP contribution is -2.03. The van der Waals surface area contributed by atoms with E-state index in [1.807, 2.05) is 18.2 Å². The minimum atomic E-state index is -0.906. The van der Waals surface area contributed by atoms with E-state index in [0.29, 0.717) is 24.8 Å². The lowest BCUT2D eigenvalue weighted by molar-refractivity contribution is 0.0699. The number of fused-ring (bicyclic) bond motifs is 1. The molecule has 2 nitrogen and oxygen atoms in total. The highest BCUT2D eigenvalue weighted by atomic mass is 16.4. The fourth-order valence-corrected chi connectivity index (χ4v) is 2.79. The van der Waals surface area contributed by atoms with Crippen molar-refractivity contribution in [2.24, 2.45) is 0 Å². The van der Waals surface area contributed by atoms with E-state index in [1.54, 1.807) is 18.2 Å². The van der Waals surface area contributed by atoms with Gasteiger partial charge in [-0.1, -0.05) is 36.4 Å². The van der Waals surface area contributed by atoms with E-state index in [9.17, 15) is 9.90 Å². The van der Waals surface area contributed by atoms with Crippen LogP contribution in [-0.2, 0) is 19.3 Å². The second-order valence-electron chi connectivity index (χ2n) is 5.23. The van der Waals surface area contributed by atoms with Crippen LogP contribution in [0.4, 0.5) is 0 Å². The van der Waals surface area contributed by atoms with Crippen LogP contribution in [0.2, 0.25) is 0 Å². The zero-order valence-corrected chi connectivity index (χ0v) is 12.6. The normalized spacial score (nSPS) is 10.4. The molecule has 0 saturated carbocycles. The second kappa shape index (κ2) is 6.90. The summed E-state index contributed by atoms with van der Waals surface area (Å²) in [7, 11) is 0. The summed E-state index contributed by atoms with van der Waals surface area (Å²) in [5.74, 6) is -0.906. The number of allylic oxidation sites excluding steroid dienone is 3. The molecule has 2 heteroatoms. The Labute approximate surface area is 131 Å². The summed E-state index contributed by atoms with van der Waals surface area (Å²) in [4.78, 5) is 11.7. The first kappa shape index (κ1) is 15.8. The van der Waals surface area contributed by atoms with Gasteiger partial charge in [0.25, 0.3) is 0 Å². The molecule has 0 spiro atoms. The summed E-state index contributed by atoms with van der Waals surface area (Å²) in [5, 5.41) is 11.4. The van der Waals surface area contributed by atoms with E-state index in [1.165, 1.54) is 0 Å². The highest BCUT2D eigenvalue weighted by Crippen LogP contribution is 2.30. The van der Waals surface area contributed by atoms with Gasteiger partial charge < -0.3 is 5.11 Å². The number of benzene rings is 2. The first-order valence-corrected chi connectivity index (χ1v) is 7.25. The standard InChI is InChI=1S/C20H20O2/c1-4-7-14-12-17-15(8-5-2)10-11-16(9-6-3)19(17)18(13-14)20(21)22/h4-6,10-13H,1-3,7-9H2,(H,21,22). The molecule has 0 amide bonds. The number of rotatable bonds is 7. The lowest BCUT2D eigenvalue weighted by Gasteiger charge is -2.14.